The average molecular weight is 341 g/mol. The van der Waals surface area contributed by atoms with Gasteiger partial charge in [-0.2, -0.15) is 13.2 Å². The fraction of sp³-hybridized carbons (Fsp3) is 0.125. The van der Waals surface area contributed by atoms with Crippen molar-refractivity contribution < 1.29 is 28.5 Å². The molecule has 0 radical (unpaired) electrons. The van der Waals surface area contributed by atoms with Gasteiger partial charge in [0.05, 0.1) is 13.4 Å². The van der Waals surface area contributed by atoms with E-state index in [2.05, 4.69) is 5.32 Å². The molecular formula is C16H12F4N2O2. The summed E-state index contributed by atoms with van der Waals surface area (Å²) in [5.41, 5.74) is 3.40. The average Bonchev–Trinajstić information content (AvgIpc) is 2.49. The molecule has 24 heavy (non-hydrogen) atoms. The number of benzene rings is 2. The van der Waals surface area contributed by atoms with Crippen LogP contribution in [0.4, 0.5) is 23.2 Å². The molecule has 2 aromatic carbocycles. The van der Waals surface area contributed by atoms with E-state index in [1.165, 1.54) is 18.2 Å². The maximum absolute atomic E-state index is 13.4. The van der Waals surface area contributed by atoms with E-state index in [-0.39, 0.29) is 29.8 Å². The Morgan fingerprint density at radius 2 is 1.92 bits per heavy atom. The Morgan fingerprint density at radius 1 is 1.21 bits per heavy atom. The summed E-state index contributed by atoms with van der Waals surface area (Å²) in [6.45, 7) is 0. The summed E-state index contributed by atoms with van der Waals surface area (Å²) in [4.78, 5) is 23.1. The van der Waals surface area contributed by atoms with Crippen molar-refractivity contribution in [3.63, 3.8) is 0 Å². The zero-order valence-electron chi connectivity index (χ0n) is 13.1. The molecule has 126 valence electrons. The number of alkyl halides is 3. The molecule has 0 saturated carbocycles. The summed E-state index contributed by atoms with van der Waals surface area (Å²) < 4.78 is 59.4. The van der Waals surface area contributed by atoms with Crippen molar-refractivity contribution in [1.29, 1.82) is 0 Å². The van der Waals surface area contributed by atoms with Crippen molar-refractivity contribution in [2.45, 2.75) is 12.6 Å². The van der Waals surface area contributed by atoms with Crippen LogP contribution in [0.25, 0.3) is 0 Å². The molecule has 0 aliphatic heterocycles. The fourth-order valence-electron chi connectivity index (χ4n) is 1.96. The lowest BCUT2D eigenvalue weighted by molar-refractivity contribution is -0.137. The van der Waals surface area contributed by atoms with E-state index in [9.17, 15) is 27.2 Å². The Morgan fingerprint density at radius 3 is 2.54 bits per heavy atom. The predicted molar refractivity (Wildman–Crippen MR) is 78.7 cm³/mol. The molecule has 0 bridgehead atoms. The smallest absolute Gasteiger partial charge is 0.369 e. The Hall–Kier alpha value is -2.90. The van der Waals surface area contributed by atoms with Crippen LogP contribution in [0.15, 0.2) is 42.4 Å². The van der Waals surface area contributed by atoms with Crippen molar-refractivity contribution in [3.8, 4) is 0 Å². The number of nitrogens with one attached hydrogen (secondary N) is 1. The number of carbonyl (C=O) groups excluding carboxylic acids is 2. The van der Waals surface area contributed by atoms with Gasteiger partial charge in [0.15, 0.2) is 0 Å². The Labute approximate surface area is 135 Å². The van der Waals surface area contributed by atoms with Crippen LogP contribution in [-0.2, 0) is 17.4 Å². The van der Waals surface area contributed by atoms with E-state index in [1.54, 1.807) is 0 Å². The standard InChI is InChI=1S/C16H12F4N2O2/c17-12-7-10(6-11(8-12)16(18,19)20)15(24)22-13-3-1-2-9(4-13)5-14(21)23/h1-4,6-8H,5H2,(H2,21,23)(H,22,24)/i4D. The molecule has 0 spiro atoms. The van der Waals surface area contributed by atoms with Gasteiger partial charge < -0.3 is 11.1 Å². The van der Waals surface area contributed by atoms with Gasteiger partial charge in [0.25, 0.3) is 5.91 Å². The summed E-state index contributed by atoms with van der Waals surface area (Å²) in [7, 11) is 0. The molecule has 0 aliphatic rings. The molecule has 0 fully saturated rings. The van der Waals surface area contributed by atoms with Crippen LogP contribution in [0.1, 0.15) is 22.9 Å². The van der Waals surface area contributed by atoms with E-state index >= 15 is 0 Å². The van der Waals surface area contributed by atoms with Crippen molar-refractivity contribution >= 4 is 17.5 Å². The molecule has 0 atom stereocenters. The topological polar surface area (TPSA) is 72.2 Å². The van der Waals surface area contributed by atoms with Gasteiger partial charge in [0, 0.05) is 11.3 Å². The highest BCUT2D eigenvalue weighted by Crippen LogP contribution is 2.30. The second-order valence-electron chi connectivity index (χ2n) is 4.91. The highest BCUT2D eigenvalue weighted by Gasteiger charge is 2.32. The lowest BCUT2D eigenvalue weighted by Gasteiger charge is -2.10. The number of carbonyl (C=O) groups is 2. The molecule has 0 unspecified atom stereocenters. The first-order valence-corrected chi connectivity index (χ1v) is 6.64. The van der Waals surface area contributed by atoms with E-state index in [4.69, 9.17) is 7.10 Å². The normalized spacial score (nSPS) is 11.8. The number of anilines is 1. The minimum absolute atomic E-state index is 0.0402. The minimum Gasteiger partial charge on any atom is -0.369 e. The summed E-state index contributed by atoms with van der Waals surface area (Å²) in [6, 6.07) is 5.46. The molecule has 0 aliphatic carbocycles. The molecule has 3 N–H and O–H groups in total. The zero-order chi connectivity index (χ0) is 18.8. The molecule has 2 aromatic rings. The summed E-state index contributed by atoms with van der Waals surface area (Å²) in [6.07, 6.45) is -5.04. The molecular weight excluding hydrogens is 328 g/mol. The van der Waals surface area contributed by atoms with E-state index < -0.39 is 34.9 Å². The quantitative estimate of drug-likeness (QED) is 0.839. The Bertz CT molecular complexity index is 837. The number of nitrogens with two attached hydrogens (primary N) is 1. The number of rotatable bonds is 4. The number of halogens is 4. The van der Waals surface area contributed by atoms with Crippen LogP contribution in [0, 0.1) is 5.82 Å². The first kappa shape index (κ1) is 16.0. The lowest BCUT2D eigenvalue weighted by atomic mass is 10.1. The molecule has 4 nitrogen and oxygen atoms in total. The molecule has 2 rings (SSSR count). The van der Waals surface area contributed by atoms with Crippen LogP contribution < -0.4 is 11.1 Å². The van der Waals surface area contributed by atoms with Crippen LogP contribution >= 0.6 is 0 Å². The van der Waals surface area contributed by atoms with Crippen LogP contribution in [0.3, 0.4) is 0 Å². The predicted octanol–water partition coefficient (Wildman–Crippen LogP) is 3.12. The number of hydrogen-bond acceptors (Lipinski definition) is 2. The van der Waals surface area contributed by atoms with E-state index in [0.717, 1.165) is 0 Å². The summed E-state index contributed by atoms with van der Waals surface area (Å²) in [5.74, 6) is -2.92. The summed E-state index contributed by atoms with van der Waals surface area (Å²) >= 11 is 0. The molecule has 0 heterocycles. The van der Waals surface area contributed by atoms with Gasteiger partial charge in [-0.25, -0.2) is 4.39 Å². The SMILES string of the molecule is [2H]c1c(CC(N)=O)cccc1NC(=O)c1cc(F)cc(C(F)(F)F)c1. The van der Waals surface area contributed by atoms with Crippen molar-refractivity contribution in [1.82, 2.24) is 0 Å². The van der Waals surface area contributed by atoms with Gasteiger partial charge in [-0.3, -0.25) is 9.59 Å². The van der Waals surface area contributed by atoms with Crippen LogP contribution in [0.2, 0.25) is 0 Å². The first-order valence-electron chi connectivity index (χ1n) is 7.14. The number of hydrogen-bond donors (Lipinski definition) is 2. The maximum Gasteiger partial charge on any atom is 0.416 e. The Balaban J connectivity index is 2.32. The third-order valence-corrected chi connectivity index (χ3v) is 2.96. The van der Waals surface area contributed by atoms with Gasteiger partial charge in [-0.1, -0.05) is 12.1 Å². The minimum atomic E-state index is -4.81. The van der Waals surface area contributed by atoms with Crippen molar-refractivity contribution in [2.75, 3.05) is 5.32 Å². The Kier molecular flexibility index (Phi) is 4.45. The van der Waals surface area contributed by atoms with Crippen molar-refractivity contribution in [3.05, 3.63) is 64.9 Å². The number of primary amides is 1. The molecule has 0 saturated heterocycles. The molecule has 8 heteroatoms. The highest BCUT2D eigenvalue weighted by atomic mass is 19.4. The van der Waals surface area contributed by atoms with Crippen LogP contribution in [-0.4, -0.2) is 11.8 Å². The number of amides is 2. The molecule has 0 aromatic heterocycles. The summed E-state index contributed by atoms with van der Waals surface area (Å²) in [5, 5.41) is 2.23. The molecule has 2 amide bonds. The second-order valence-corrected chi connectivity index (χ2v) is 4.91. The van der Waals surface area contributed by atoms with Crippen LogP contribution in [0.5, 0.6) is 0 Å². The lowest BCUT2D eigenvalue weighted by Crippen LogP contribution is -2.16. The largest absolute Gasteiger partial charge is 0.416 e. The second kappa shape index (κ2) is 6.69. The fourth-order valence-corrected chi connectivity index (χ4v) is 1.96. The van der Waals surface area contributed by atoms with Gasteiger partial charge in [-0.05, 0) is 35.9 Å². The van der Waals surface area contributed by atoms with Gasteiger partial charge in [-0.15, -0.1) is 0 Å². The monoisotopic (exact) mass is 341 g/mol. The van der Waals surface area contributed by atoms with Gasteiger partial charge >= 0.3 is 6.18 Å². The van der Waals surface area contributed by atoms with Crippen molar-refractivity contribution in [2.24, 2.45) is 5.73 Å². The van der Waals surface area contributed by atoms with E-state index in [1.807, 2.05) is 0 Å². The van der Waals surface area contributed by atoms with Gasteiger partial charge in [0.2, 0.25) is 5.91 Å². The van der Waals surface area contributed by atoms with E-state index in [0.29, 0.717) is 12.1 Å². The third-order valence-electron chi connectivity index (χ3n) is 2.96. The van der Waals surface area contributed by atoms with Gasteiger partial charge in [0.1, 0.15) is 5.82 Å². The highest BCUT2D eigenvalue weighted by molar-refractivity contribution is 6.04. The zero-order valence-corrected chi connectivity index (χ0v) is 12.1. The maximum atomic E-state index is 13.4. The first-order chi connectivity index (χ1) is 11.6. The third kappa shape index (κ3) is 4.55.